The molecule has 0 radical (unpaired) electrons. The lowest BCUT2D eigenvalue weighted by atomic mass is 9.97. The fraction of sp³-hybridized carbons (Fsp3) is 0.391. The molecule has 5 nitrogen and oxygen atoms in total. The zero-order valence-corrected chi connectivity index (χ0v) is 17.5. The van der Waals surface area contributed by atoms with Crippen molar-refractivity contribution in [3.63, 3.8) is 0 Å². The Morgan fingerprint density at radius 1 is 0.964 bits per heavy atom. The average molecular weight is 383 g/mol. The molecule has 0 spiro atoms. The van der Waals surface area contributed by atoms with Crippen LogP contribution >= 0.6 is 0 Å². The number of nitrogens with one attached hydrogen (secondary N) is 2. The van der Waals surface area contributed by atoms with E-state index in [4.69, 9.17) is 4.74 Å². The quantitative estimate of drug-likeness (QED) is 0.740. The minimum Gasteiger partial charge on any atom is -0.496 e. The second kappa shape index (κ2) is 9.40. The molecule has 0 aromatic heterocycles. The minimum absolute atomic E-state index is 0.0785. The number of benzene rings is 2. The van der Waals surface area contributed by atoms with Crippen LogP contribution in [0.15, 0.2) is 42.5 Å². The molecule has 0 heterocycles. The van der Waals surface area contributed by atoms with Crippen molar-refractivity contribution in [2.75, 3.05) is 12.4 Å². The monoisotopic (exact) mass is 382 g/mol. The SMILES string of the molecule is COc1ccccc1C(=O)N[C@H](C(=O)Nc1c(C)cccc1C(C)C)C(C)C. The lowest BCUT2D eigenvalue weighted by molar-refractivity contribution is -0.118. The summed E-state index contributed by atoms with van der Waals surface area (Å²) in [7, 11) is 1.52. The maximum Gasteiger partial charge on any atom is 0.255 e. The largest absolute Gasteiger partial charge is 0.496 e. The zero-order valence-electron chi connectivity index (χ0n) is 17.5. The zero-order chi connectivity index (χ0) is 20.8. The number of amides is 2. The summed E-state index contributed by atoms with van der Waals surface area (Å²) in [6.45, 7) is 9.98. The number of hydrogen-bond donors (Lipinski definition) is 2. The maximum atomic E-state index is 13.0. The number of ether oxygens (including phenoxy) is 1. The van der Waals surface area contributed by atoms with Gasteiger partial charge in [0.1, 0.15) is 11.8 Å². The third-order valence-electron chi connectivity index (χ3n) is 4.76. The van der Waals surface area contributed by atoms with Gasteiger partial charge in [-0.1, -0.05) is 58.0 Å². The molecule has 0 unspecified atom stereocenters. The minimum atomic E-state index is -0.669. The van der Waals surface area contributed by atoms with Crippen LogP contribution in [0.25, 0.3) is 0 Å². The first-order valence-corrected chi connectivity index (χ1v) is 9.60. The molecule has 1 atom stereocenters. The highest BCUT2D eigenvalue weighted by Crippen LogP contribution is 2.28. The molecule has 0 aliphatic rings. The molecule has 2 aromatic carbocycles. The van der Waals surface area contributed by atoms with E-state index in [9.17, 15) is 9.59 Å². The Kier molecular flexibility index (Phi) is 7.21. The van der Waals surface area contributed by atoms with Crippen molar-refractivity contribution in [1.82, 2.24) is 5.32 Å². The summed E-state index contributed by atoms with van der Waals surface area (Å²) in [5, 5.41) is 5.91. The van der Waals surface area contributed by atoms with Crippen LogP contribution in [0.4, 0.5) is 5.69 Å². The number of aryl methyl sites for hydroxylation is 1. The molecule has 2 N–H and O–H groups in total. The molecule has 0 saturated heterocycles. The Labute approximate surface area is 167 Å². The molecular weight excluding hydrogens is 352 g/mol. The van der Waals surface area contributed by atoms with Gasteiger partial charge in [-0.2, -0.15) is 0 Å². The van der Waals surface area contributed by atoms with Gasteiger partial charge in [0.05, 0.1) is 12.7 Å². The Morgan fingerprint density at radius 3 is 2.25 bits per heavy atom. The molecular formula is C23H30N2O3. The molecule has 28 heavy (non-hydrogen) atoms. The first kappa shape index (κ1) is 21.5. The summed E-state index contributed by atoms with van der Waals surface area (Å²) >= 11 is 0. The van der Waals surface area contributed by atoms with Gasteiger partial charge >= 0.3 is 0 Å². The van der Waals surface area contributed by atoms with Crippen molar-refractivity contribution in [1.29, 1.82) is 0 Å². The predicted molar refractivity (Wildman–Crippen MR) is 113 cm³/mol. The number of anilines is 1. The van der Waals surface area contributed by atoms with Gasteiger partial charge in [0, 0.05) is 5.69 Å². The van der Waals surface area contributed by atoms with Gasteiger partial charge in [0.25, 0.3) is 5.91 Å². The highest BCUT2D eigenvalue weighted by molar-refractivity contribution is 6.03. The molecule has 2 rings (SSSR count). The van der Waals surface area contributed by atoms with Gasteiger partial charge in [-0.25, -0.2) is 0 Å². The van der Waals surface area contributed by atoms with Gasteiger partial charge < -0.3 is 15.4 Å². The van der Waals surface area contributed by atoms with E-state index >= 15 is 0 Å². The van der Waals surface area contributed by atoms with Gasteiger partial charge in [-0.3, -0.25) is 9.59 Å². The second-order valence-corrected chi connectivity index (χ2v) is 7.58. The number of para-hydroxylation sites is 2. The van der Waals surface area contributed by atoms with E-state index in [1.54, 1.807) is 24.3 Å². The molecule has 0 fully saturated rings. The summed E-state index contributed by atoms with van der Waals surface area (Å²) in [5.74, 6) is 0.111. The molecule has 0 saturated carbocycles. The molecule has 0 aliphatic heterocycles. The first-order valence-electron chi connectivity index (χ1n) is 9.60. The van der Waals surface area contributed by atoms with E-state index in [1.165, 1.54) is 7.11 Å². The van der Waals surface area contributed by atoms with Crippen molar-refractivity contribution < 1.29 is 14.3 Å². The third kappa shape index (κ3) is 4.91. The topological polar surface area (TPSA) is 67.4 Å². The summed E-state index contributed by atoms with van der Waals surface area (Å²) in [6.07, 6.45) is 0. The van der Waals surface area contributed by atoms with Gasteiger partial charge in [0.2, 0.25) is 5.91 Å². The van der Waals surface area contributed by atoms with Crippen LogP contribution < -0.4 is 15.4 Å². The Bertz CT molecular complexity index is 843. The van der Waals surface area contributed by atoms with E-state index in [1.807, 2.05) is 39.0 Å². The van der Waals surface area contributed by atoms with Crippen molar-refractivity contribution >= 4 is 17.5 Å². The summed E-state index contributed by atoms with van der Waals surface area (Å²) in [6, 6.07) is 12.3. The number of methoxy groups -OCH3 is 1. The first-order chi connectivity index (χ1) is 13.3. The molecule has 2 amide bonds. The average Bonchev–Trinajstić information content (AvgIpc) is 2.66. The van der Waals surface area contributed by atoms with Crippen molar-refractivity contribution in [3.05, 3.63) is 59.2 Å². The number of carbonyl (C=O) groups excluding carboxylic acids is 2. The molecule has 0 bridgehead atoms. The van der Waals surface area contributed by atoms with Gasteiger partial charge in [-0.05, 0) is 42.0 Å². The summed E-state index contributed by atoms with van der Waals surface area (Å²) in [5.41, 5.74) is 3.30. The molecule has 5 heteroatoms. The Hall–Kier alpha value is -2.82. The number of hydrogen-bond acceptors (Lipinski definition) is 3. The van der Waals surface area contributed by atoms with Crippen LogP contribution in [0.5, 0.6) is 5.75 Å². The Morgan fingerprint density at radius 2 is 1.64 bits per heavy atom. The lowest BCUT2D eigenvalue weighted by Gasteiger charge is -2.24. The number of carbonyl (C=O) groups is 2. The van der Waals surface area contributed by atoms with E-state index in [2.05, 4.69) is 24.5 Å². The summed E-state index contributed by atoms with van der Waals surface area (Å²) in [4.78, 5) is 25.8. The highest BCUT2D eigenvalue weighted by Gasteiger charge is 2.27. The molecule has 150 valence electrons. The van der Waals surface area contributed by atoms with E-state index in [-0.39, 0.29) is 23.7 Å². The van der Waals surface area contributed by atoms with Crippen molar-refractivity contribution in [3.8, 4) is 5.75 Å². The highest BCUT2D eigenvalue weighted by atomic mass is 16.5. The van der Waals surface area contributed by atoms with E-state index in [0.29, 0.717) is 11.3 Å². The van der Waals surface area contributed by atoms with Gasteiger partial charge in [-0.15, -0.1) is 0 Å². The number of rotatable bonds is 7. The standard InChI is InChI=1S/C23H30N2O3/c1-14(2)17-12-9-10-16(5)21(17)25-23(27)20(15(3)4)24-22(26)18-11-7-8-13-19(18)28-6/h7-15,20H,1-6H3,(H,24,26)(H,25,27)/t20-/m0/s1. The van der Waals surface area contributed by atoms with Crippen molar-refractivity contribution in [2.24, 2.45) is 5.92 Å². The second-order valence-electron chi connectivity index (χ2n) is 7.58. The third-order valence-corrected chi connectivity index (χ3v) is 4.76. The van der Waals surface area contributed by atoms with Crippen molar-refractivity contribution in [2.45, 2.75) is 46.6 Å². The smallest absolute Gasteiger partial charge is 0.255 e. The summed E-state index contributed by atoms with van der Waals surface area (Å²) < 4.78 is 5.26. The van der Waals surface area contributed by atoms with Crippen LogP contribution in [-0.2, 0) is 4.79 Å². The van der Waals surface area contributed by atoms with Crippen LogP contribution in [0.1, 0.15) is 55.1 Å². The maximum absolute atomic E-state index is 13.0. The fourth-order valence-electron chi connectivity index (χ4n) is 3.13. The van der Waals surface area contributed by atoms with Crippen LogP contribution in [-0.4, -0.2) is 25.0 Å². The predicted octanol–water partition coefficient (Wildman–Crippen LogP) is 4.52. The fourth-order valence-corrected chi connectivity index (χ4v) is 3.13. The van der Waals surface area contributed by atoms with Crippen LogP contribution in [0, 0.1) is 12.8 Å². The molecule has 2 aromatic rings. The normalized spacial score (nSPS) is 12.0. The molecule has 0 aliphatic carbocycles. The van der Waals surface area contributed by atoms with E-state index < -0.39 is 6.04 Å². The lowest BCUT2D eigenvalue weighted by Crippen LogP contribution is -2.47. The van der Waals surface area contributed by atoms with Crippen LogP contribution in [0.3, 0.4) is 0 Å². The van der Waals surface area contributed by atoms with Crippen LogP contribution in [0.2, 0.25) is 0 Å². The van der Waals surface area contributed by atoms with E-state index in [0.717, 1.165) is 16.8 Å². The Balaban J connectivity index is 2.25. The van der Waals surface area contributed by atoms with Gasteiger partial charge in [0.15, 0.2) is 0 Å².